The number of oxime groups is 1. The molecule has 0 bridgehead atoms. The van der Waals surface area contributed by atoms with E-state index in [1.165, 1.54) is 43.3 Å². The second-order valence-corrected chi connectivity index (χ2v) is 4.87. The first-order chi connectivity index (χ1) is 12.0. The first-order valence-corrected chi connectivity index (χ1v) is 7.26. The summed E-state index contributed by atoms with van der Waals surface area (Å²) in [4.78, 5) is 16.9. The van der Waals surface area contributed by atoms with E-state index in [0.717, 1.165) is 6.21 Å². The molecule has 1 N–H and O–H groups in total. The number of halogens is 3. The summed E-state index contributed by atoms with van der Waals surface area (Å²) in [6, 6.07) is 11.7. The van der Waals surface area contributed by atoms with Gasteiger partial charge in [0.2, 0.25) is 6.10 Å². The summed E-state index contributed by atoms with van der Waals surface area (Å²) in [7, 11) is 0. The molecule has 2 aromatic rings. The molecule has 1 amide bonds. The molecule has 5 nitrogen and oxygen atoms in total. The van der Waals surface area contributed by atoms with Crippen molar-refractivity contribution >= 4 is 17.8 Å². The van der Waals surface area contributed by atoms with Crippen LogP contribution in [-0.2, 0) is 9.63 Å². The van der Waals surface area contributed by atoms with Crippen LogP contribution in [0.15, 0.2) is 53.7 Å². The molecule has 8 heteroatoms. The van der Waals surface area contributed by atoms with Crippen molar-refractivity contribution in [1.29, 1.82) is 0 Å². The van der Waals surface area contributed by atoms with Gasteiger partial charge in [0.05, 0.1) is 11.9 Å². The quantitative estimate of drug-likeness (QED) is 0.609. The zero-order chi connectivity index (χ0) is 18.2. The molecule has 0 saturated heterocycles. The average Bonchev–Trinajstić information content (AvgIpc) is 2.57. The van der Waals surface area contributed by atoms with E-state index in [1.807, 2.05) is 0 Å². The van der Waals surface area contributed by atoms with Crippen LogP contribution < -0.4 is 10.1 Å². The van der Waals surface area contributed by atoms with Gasteiger partial charge in [-0.25, -0.2) is 4.39 Å². The second kappa shape index (κ2) is 8.72. The van der Waals surface area contributed by atoms with Gasteiger partial charge in [0, 0.05) is 5.56 Å². The molecule has 0 aliphatic carbocycles. The van der Waals surface area contributed by atoms with Crippen molar-refractivity contribution in [3.63, 3.8) is 0 Å². The maximum atomic E-state index is 13.5. The SMILES string of the molecule is CC(O/N=C/c1ccccc1OC(F)F)C(=O)Nc1ccccc1F. The number of amides is 1. The number of nitrogens with one attached hydrogen (secondary N) is 1. The Morgan fingerprint density at radius 3 is 2.56 bits per heavy atom. The maximum Gasteiger partial charge on any atom is 0.387 e. The smallest absolute Gasteiger partial charge is 0.387 e. The standard InChI is InChI=1S/C17H15F3N2O3/c1-11(16(23)22-14-8-4-3-7-13(14)18)25-21-10-12-6-2-5-9-15(12)24-17(19)20/h2-11,17H,1H3,(H,22,23)/b21-10+. The van der Waals surface area contributed by atoms with E-state index >= 15 is 0 Å². The largest absolute Gasteiger partial charge is 0.434 e. The van der Waals surface area contributed by atoms with Crippen molar-refractivity contribution in [3.05, 3.63) is 59.9 Å². The lowest BCUT2D eigenvalue weighted by molar-refractivity contribution is -0.126. The monoisotopic (exact) mass is 352 g/mol. The van der Waals surface area contributed by atoms with Gasteiger partial charge in [-0.1, -0.05) is 29.4 Å². The summed E-state index contributed by atoms with van der Waals surface area (Å²) in [5.41, 5.74) is 0.270. The number of rotatable bonds is 7. The van der Waals surface area contributed by atoms with Crippen LogP contribution in [0.2, 0.25) is 0 Å². The molecule has 2 aromatic carbocycles. The molecule has 1 atom stereocenters. The maximum absolute atomic E-state index is 13.5. The number of nitrogens with zero attached hydrogens (tertiary/aromatic N) is 1. The number of benzene rings is 2. The van der Waals surface area contributed by atoms with E-state index in [4.69, 9.17) is 4.84 Å². The molecule has 2 rings (SSSR count). The minimum atomic E-state index is -2.97. The Kier molecular flexibility index (Phi) is 6.39. The van der Waals surface area contributed by atoms with Crippen LogP contribution in [0, 0.1) is 5.82 Å². The van der Waals surface area contributed by atoms with Crippen molar-refractivity contribution < 1.29 is 27.5 Å². The summed E-state index contributed by atoms with van der Waals surface area (Å²) in [6.45, 7) is -1.56. The minimum absolute atomic E-state index is 0.0163. The topological polar surface area (TPSA) is 59.9 Å². The van der Waals surface area contributed by atoms with Crippen LogP contribution in [0.5, 0.6) is 5.75 Å². The molecular weight excluding hydrogens is 337 g/mol. The van der Waals surface area contributed by atoms with Gasteiger partial charge in [-0.05, 0) is 31.2 Å². The zero-order valence-electron chi connectivity index (χ0n) is 13.2. The highest BCUT2D eigenvalue weighted by atomic mass is 19.3. The fraction of sp³-hybridized carbons (Fsp3) is 0.176. The van der Waals surface area contributed by atoms with Crippen LogP contribution in [0.25, 0.3) is 0 Å². The molecule has 132 valence electrons. The Morgan fingerprint density at radius 2 is 1.84 bits per heavy atom. The third kappa shape index (κ3) is 5.52. The van der Waals surface area contributed by atoms with Gasteiger partial charge in [0.1, 0.15) is 11.6 Å². The van der Waals surface area contributed by atoms with Gasteiger partial charge in [-0.15, -0.1) is 0 Å². The summed E-state index contributed by atoms with van der Waals surface area (Å²) in [5.74, 6) is -1.27. The van der Waals surface area contributed by atoms with Crippen LogP contribution in [0.1, 0.15) is 12.5 Å². The van der Waals surface area contributed by atoms with E-state index in [2.05, 4.69) is 15.2 Å². The number of alkyl halides is 2. The molecule has 0 spiro atoms. The fourth-order valence-corrected chi connectivity index (χ4v) is 1.81. The van der Waals surface area contributed by atoms with Crippen LogP contribution >= 0.6 is 0 Å². The first-order valence-electron chi connectivity index (χ1n) is 7.26. The van der Waals surface area contributed by atoms with E-state index in [0.29, 0.717) is 0 Å². The van der Waals surface area contributed by atoms with Crippen LogP contribution in [-0.4, -0.2) is 24.8 Å². The minimum Gasteiger partial charge on any atom is -0.434 e. The van der Waals surface area contributed by atoms with Crippen LogP contribution in [0.3, 0.4) is 0 Å². The number of hydrogen-bond donors (Lipinski definition) is 1. The van der Waals surface area contributed by atoms with E-state index in [9.17, 15) is 18.0 Å². The second-order valence-electron chi connectivity index (χ2n) is 4.87. The van der Waals surface area contributed by atoms with E-state index in [-0.39, 0.29) is 17.0 Å². The Labute approximate surface area is 142 Å². The molecule has 0 aliphatic heterocycles. The number of ether oxygens (including phenoxy) is 1. The number of anilines is 1. The summed E-state index contributed by atoms with van der Waals surface area (Å²) in [6.07, 6.45) is 0.115. The molecule has 0 heterocycles. The lowest BCUT2D eigenvalue weighted by Crippen LogP contribution is -2.26. The Bertz CT molecular complexity index is 753. The number of hydrogen-bond acceptors (Lipinski definition) is 4. The van der Waals surface area contributed by atoms with Gasteiger partial charge >= 0.3 is 6.61 Å². The molecule has 0 fully saturated rings. The Hall–Kier alpha value is -3.03. The van der Waals surface area contributed by atoms with E-state index < -0.39 is 24.4 Å². The normalized spacial score (nSPS) is 12.2. The molecule has 1 unspecified atom stereocenters. The zero-order valence-corrected chi connectivity index (χ0v) is 13.2. The van der Waals surface area contributed by atoms with Crippen molar-refractivity contribution in [2.45, 2.75) is 19.6 Å². The molecule has 0 radical (unpaired) electrons. The highest BCUT2D eigenvalue weighted by Crippen LogP contribution is 2.18. The number of carbonyl (C=O) groups excluding carboxylic acids is 1. The lowest BCUT2D eigenvalue weighted by atomic mass is 10.2. The Balaban J connectivity index is 1.95. The van der Waals surface area contributed by atoms with Crippen molar-refractivity contribution in [1.82, 2.24) is 0 Å². The van der Waals surface area contributed by atoms with Gasteiger partial charge in [-0.2, -0.15) is 8.78 Å². The van der Waals surface area contributed by atoms with Gasteiger partial charge < -0.3 is 14.9 Å². The van der Waals surface area contributed by atoms with Gasteiger partial charge in [0.15, 0.2) is 0 Å². The molecule has 0 saturated carbocycles. The molecule has 25 heavy (non-hydrogen) atoms. The predicted octanol–water partition coefficient (Wildman–Crippen LogP) is 3.80. The first kappa shape index (κ1) is 18.3. The molecule has 0 aromatic heterocycles. The van der Waals surface area contributed by atoms with Crippen LogP contribution in [0.4, 0.5) is 18.9 Å². The lowest BCUT2D eigenvalue weighted by Gasteiger charge is -2.11. The van der Waals surface area contributed by atoms with Crippen molar-refractivity contribution in [3.8, 4) is 5.75 Å². The third-order valence-corrected chi connectivity index (χ3v) is 3.05. The van der Waals surface area contributed by atoms with Gasteiger partial charge in [-0.3, -0.25) is 4.79 Å². The average molecular weight is 352 g/mol. The van der Waals surface area contributed by atoms with Gasteiger partial charge in [0.25, 0.3) is 5.91 Å². The number of para-hydroxylation sites is 2. The molecular formula is C17H15F3N2O3. The van der Waals surface area contributed by atoms with Crippen molar-refractivity contribution in [2.24, 2.45) is 5.16 Å². The fourth-order valence-electron chi connectivity index (χ4n) is 1.81. The number of carbonyl (C=O) groups is 1. The third-order valence-electron chi connectivity index (χ3n) is 3.05. The van der Waals surface area contributed by atoms with E-state index in [1.54, 1.807) is 12.1 Å². The highest BCUT2D eigenvalue weighted by Gasteiger charge is 2.16. The summed E-state index contributed by atoms with van der Waals surface area (Å²) in [5, 5.41) is 5.95. The highest BCUT2D eigenvalue weighted by molar-refractivity contribution is 5.94. The predicted molar refractivity (Wildman–Crippen MR) is 86.2 cm³/mol. The summed E-state index contributed by atoms with van der Waals surface area (Å²) < 4.78 is 42.4. The Morgan fingerprint density at radius 1 is 1.16 bits per heavy atom. The summed E-state index contributed by atoms with van der Waals surface area (Å²) >= 11 is 0. The van der Waals surface area contributed by atoms with Crippen molar-refractivity contribution in [2.75, 3.05) is 5.32 Å². The molecule has 0 aliphatic rings.